The second-order valence-corrected chi connectivity index (χ2v) is 9.12. The molecule has 2 aromatic rings. The minimum Gasteiger partial charge on any atom is -0.347 e. The van der Waals surface area contributed by atoms with Crippen LogP contribution in [0.5, 0.6) is 0 Å². The second-order valence-electron chi connectivity index (χ2n) is 7.02. The molecular formula is C19H27FN2S2. The molecular weight excluding hydrogens is 339 g/mol. The summed E-state index contributed by atoms with van der Waals surface area (Å²) in [5, 5.41) is 1.87. The van der Waals surface area contributed by atoms with E-state index in [9.17, 15) is 3.89 Å². The number of aromatic nitrogens is 1. The molecule has 0 unspecified atom stereocenters. The molecule has 3 rings (SSSR count). The topological polar surface area (TPSA) is 17.0 Å². The monoisotopic (exact) mass is 366 g/mol. The molecule has 1 heterocycles. The molecule has 0 amide bonds. The zero-order valence-corrected chi connectivity index (χ0v) is 16.2. The maximum absolute atomic E-state index is 13.0. The summed E-state index contributed by atoms with van der Waals surface area (Å²) >= 11 is 2.13. The van der Waals surface area contributed by atoms with Crippen molar-refractivity contribution < 1.29 is 3.89 Å². The van der Waals surface area contributed by atoms with Gasteiger partial charge < -0.3 is 4.57 Å². The Morgan fingerprint density at radius 2 is 2.08 bits per heavy atom. The molecule has 132 valence electrons. The molecule has 0 saturated heterocycles. The quantitative estimate of drug-likeness (QED) is 0.456. The van der Waals surface area contributed by atoms with Crippen LogP contribution in [0.15, 0.2) is 29.3 Å². The van der Waals surface area contributed by atoms with Crippen LogP contribution < -0.4 is 4.72 Å². The van der Waals surface area contributed by atoms with Crippen molar-refractivity contribution >= 4 is 35.0 Å². The Labute approximate surface area is 153 Å². The zero-order chi connectivity index (χ0) is 16.9. The van der Waals surface area contributed by atoms with Gasteiger partial charge in [0.25, 0.3) is 0 Å². The predicted octanol–water partition coefficient (Wildman–Crippen LogP) is 6.00. The van der Waals surface area contributed by atoms with Crippen LogP contribution in [-0.4, -0.2) is 16.4 Å². The van der Waals surface area contributed by atoms with Crippen LogP contribution in [0.4, 0.5) is 3.89 Å². The normalized spacial score (nSPS) is 15.8. The number of hydrogen-bond acceptors (Lipinski definition) is 3. The first-order valence-corrected chi connectivity index (χ1v) is 10.6. The minimum absolute atomic E-state index is 0.340. The van der Waals surface area contributed by atoms with Gasteiger partial charge in [-0.05, 0) is 42.9 Å². The van der Waals surface area contributed by atoms with Gasteiger partial charge in [-0.3, -0.25) is 4.72 Å². The van der Waals surface area contributed by atoms with Gasteiger partial charge in [0.15, 0.2) is 0 Å². The molecule has 5 heteroatoms. The average molecular weight is 367 g/mol. The SMILES string of the molecule is CC(C)SNCCc1cn(CC2CCCC2)c2cc(SF)ccc12. The van der Waals surface area contributed by atoms with Gasteiger partial charge in [0.1, 0.15) is 0 Å². The lowest BCUT2D eigenvalue weighted by atomic mass is 10.1. The smallest absolute Gasteiger partial charge is 0.0812 e. The van der Waals surface area contributed by atoms with E-state index in [1.54, 1.807) is 11.9 Å². The first-order valence-electron chi connectivity index (χ1n) is 8.96. The minimum atomic E-state index is 0.340. The number of fused-ring (bicyclic) bond motifs is 1. The maximum Gasteiger partial charge on any atom is 0.0812 e. The van der Waals surface area contributed by atoms with E-state index in [1.807, 2.05) is 12.1 Å². The van der Waals surface area contributed by atoms with Crippen LogP contribution in [0.3, 0.4) is 0 Å². The van der Waals surface area contributed by atoms with Crippen LogP contribution in [0, 0.1) is 5.92 Å². The molecule has 0 aliphatic heterocycles. The van der Waals surface area contributed by atoms with E-state index >= 15 is 0 Å². The van der Waals surface area contributed by atoms with Gasteiger partial charge in [-0.1, -0.05) is 44.7 Å². The molecule has 1 aromatic carbocycles. The van der Waals surface area contributed by atoms with Crippen LogP contribution in [-0.2, 0) is 13.0 Å². The van der Waals surface area contributed by atoms with Crippen LogP contribution in [0.1, 0.15) is 45.1 Å². The molecule has 0 atom stereocenters. The van der Waals surface area contributed by atoms with E-state index in [2.05, 4.69) is 35.4 Å². The molecule has 0 spiro atoms. The van der Waals surface area contributed by atoms with Gasteiger partial charge in [-0.15, -0.1) is 0 Å². The number of halogens is 1. The second kappa shape index (κ2) is 8.63. The lowest BCUT2D eigenvalue weighted by Crippen LogP contribution is -2.11. The Morgan fingerprint density at radius 1 is 1.29 bits per heavy atom. The molecule has 1 N–H and O–H groups in total. The van der Waals surface area contributed by atoms with E-state index in [0.29, 0.717) is 22.3 Å². The van der Waals surface area contributed by atoms with Gasteiger partial charge >= 0.3 is 0 Å². The highest BCUT2D eigenvalue weighted by molar-refractivity contribution is 7.97. The van der Waals surface area contributed by atoms with Crippen molar-refractivity contribution in [2.24, 2.45) is 5.92 Å². The number of nitrogens with zero attached hydrogens (tertiary/aromatic N) is 1. The molecule has 2 nitrogen and oxygen atoms in total. The highest BCUT2D eigenvalue weighted by atomic mass is 32.2. The highest BCUT2D eigenvalue weighted by Crippen LogP contribution is 2.31. The molecule has 24 heavy (non-hydrogen) atoms. The fraction of sp³-hybridized carbons (Fsp3) is 0.579. The van der Waals surface area contributed by atoms with Crippen molar-refractivity contribution in [2.75, 3.05) is 6.54 Å². The maximum atomic E-state index is 13.0. The summed E-state index contributed by atoms with van der Waals surface area (Å²) in [5.74, 6) is 0.782. The Balaban J connectivity index is 1.79. The van der Waals surface area contributed by atoms with Crippen molar-refractivity contribution in [3.8, 4) is 0 Å². The van der Waals surface area contributed by atoms with Crippen molar-refractivity contribution in [2.45, 2.75) is 62.6 Å². The first kappa shape index (κ1) is 18.2. The third-order valence-electron chi connectivity index (χ3n) is 4.77. The summed E-state index contributed by atoms with van der Waals surface area (Å²) in [5.41, 5.74) is 2.56. The number of rotatable bonds is 8. The summed E-state index contributed by atoms with van der Waals surface area (Å²) in [4.78, 5) is 0.702. The largest absolute Gasteiger partial charge is 0.347 e. The lowest BCUT2D eigenvalue weighted by Gasteiger charge is -2.11. The predicted molar refractivity (Wildman–Crippen MR) is 105 cm³/mol. The van der Waals surface area contributed by atoms with E-state index < -0.39 is 0 Å². The molecule has 1 fully saturated rings. The van der Waals surface area contributed by atoms with Crippen LogP contribution in [0.25, 0.3) is 10.9 Å². The van der Waals surface area contributed by atoms with Crippen molar-refractivity contribution in [1.82, 2.24) is 9.29 Å². The van der Waals surface area contributed by atoms with E-state index in [1.165, 1.54) is 42.1 Å². The first-order chi connectivity index (χ1) is 11.7. The third kappa shape index (κ3) is 4.50. The Morgan fingerprint density at radius 3 is 2.79 bits per heavy atom. The van der Waals surface area contributed by atoms with Gasteiger partial charge in [-0.25, -0.2) is 0 Å². The molecule has 1 saturated carbocycles. The summed E-state index contributed by atoms with van der Waals surface area (Å²) in [7, 11) is 0. The van der Waals surface area contributed by atoms with Crippen molar-refractivity contribution in [1.29, 1.82) is 0 Å². The molecule has 1 aromatic heterocycles. The standard InChI is InChI=1S/C19H27FN2S2/c1-14(2)24-21-10-9-16-13-22(12-15-5-3-4-6-15)19-11-17(23-20)7-8-18(16)19/h7-8,11,13-15,21H,3-6,9-10,12H2,1-2H3. The van der Waals surface area contributed by atoms with Crippen molar-refractivity contribution in [3.63, 3.8) is 0 Å². The van der Waals surface area contributed by atoms with Gasteiger partial charge in [-0.2, -0.15) is 3.89 Å². The van der Waals surface area contributed by atoms with Gasteiger partial charge in [0.05, 0.1) is 12.1 Å². The Bertz CT molecular complexity index is 663. The van der Waals surface area contributed by atoms with E-state index in [4.69, 9.17) is 0 Å². The molecule has 1 aliphatic carbocycles. The number of hydrogen-bond donors (Lipinski definition) is 1. The summed E-state index contributed by atoms with van der Waals surface area (Å²) < 4.78 is 18.8. The number of benzene rings is 1. The zero-order valence-electron chi connectivity index (χ0n) is 14.6. The van der Waals surface area contributed by atoms with Gasteiger partial charge in [0, 0.05) is 40.3 Å². The average Bonchev–Trinajstić information content (AvgIpc) is 3.20. The Hall–Kier alpha value is -0.650. The van der Waals surface area contributed by atoms with E-state index in [0.717, 1.165) is 25.4 Å². The summed E-state index contributed by atoms with van der Waals surface area (Å²) in [6.07, 6.45) is 8.70. The highest BCUT2D eigenvalue weighted by Gasteiger charge is 2.18. The molecule has 1 aliphatic rings. The van der Waals surface area contributed by atoms with Gasteiger partial charge in [0.2, 0.25) is 0 Å². The van der Waals surface area contributed by atoms with E-state index in [-0.39, 0.29) is 0 Å². The molecule has 0 bridgehead atoms. The molecule has 0 radical (unpaired) electrons. The summed E-state index contributed by atoms with van der Waals surface area (Å²) in [6.45, 7) is 6.43. The van der Waals surface area contributed by atoms with Crippen molar-refractivity contribution in [3.05, 3.63) is 30.0 Å². The number of nitrogens with one attached hydrogen (secondary N) is 1. The lowest BCUT2D eigenvalue weighted by molar-refractivity contribution is 0.465. The fourth-order valence-electron chi connectivity index (χ4n) is 3.63. The third-order valence-corrected chi connectivity index (χ3v) is 6.04. The van der Waals surface area contributed by atoms with Crippen LogP contribution in [0.2, 0.25) is 0 Å². The Kier molecular flexibility index (Phi) is 6.53. The van der Waals surface area contributed by atoms with Crippen LogP contribution >= 0.6 is 24.1 Å². The summed E-state index contributed by atoms with van der Waals surface area (Å²) in [6, 6.07) is 5.99. The fourth-order valence-corrected chi connectivity index (χ4v) is 4.46.